The zero-order chi connectivity index (χ0) is 17.8. The fourth-order valence-corrected chi connectivity index (χ4v) is 3.70. The lowest BCUT2D eigenvalue weighted by Gasteiger charge is -2.25. The molecule has 1 aromatic carbocycles. The number of rotatable bonds is 7. The highest BCUT2D eigenvalue weighted by Crippen LogP contribution is 2.34. The number of imidazole rings is 1. The Morgan fingerprint density at radius 1 is 1.24 bits per heavy atom. The van der Waals surface area contributed by atoms with E-state index in [0.29, 0.717) is 6.54 Å². The van der Waals surface area contributed by atoms with Crippen molar-refractivity contribution in [1.82, 2.24) is 9.55 Å². The lowest BCUT2D eigenvalue weighted by atomic mass is 9.83. The van der Waals surface area contributed by atoms with Gasteiger partial charge in [-0.3, -0.25) is 4.79 Å². The highest BCUT2D eigenvalue weighted by atomic mass is 16.5. The van der Waals surface area contributed by atoms with Crippen molar-refractivity contribution in [3.05, 3.63) is 47.5 Å². The number of hydrogen-bond donors (Lipinski definition) is 0. The first kappa shape index (κ1) is 17.7. The zero-order valence-corrected chi connectivity index (χ0v) is 15.5. The normalized spacial score (nSPS) is 15.0. The van der Waals surface area contributed by atoms with Gasteiger partial charge in [-0.15, -0.1) is 0 Å². The minimum atomic E-state index is -0.0166. The average Bonchev–Trinajstić information content (AvgIpc) is 3.12. The Bertz CT molecular complexity index is 720. The third kappa shape index (κ3) is 3.94. The van der Waals surface area contributed by atoms with Crippen molar-refractivity contribution in [2.45, 2.75) is 65.5 Å². The van der Waals surface area contributed by atoms with Crippen LogP contribution in [-0.4, -0.2) is 21.4 Å². The summed E-state index contributed by atoms with van der Waals surface area (Å²) in [4.78, 5) is 17.3. The maximum atomic E-state index is 13.2. The van der Waals surface area contributed by atoms with E-state index in [4.69, 9.17) is 4.74 Å². The molecule has 0 radical (unpaired) electrons. The Kier molecular flexibility index (Phi) is 5.57. The summed E-state index contributed by atoms with van der Waals surface area (Å²) in [7, 11) is 0. The topological polar surface area (TPSA) is 44.1 Å². The van der Waals surface area contributed by atoms with Gasteiger partial charge in [-0.2, -0.15) is 0 Å². The minimum absolute atomic E-state index is 0.0166. The van der Waals surface area contributed by atoms with Crippen LogP contribution in [0.3, 0.4) is 0 Å². The van der Waals surface area contributed by atoms with Gasteiger partial charge in [0.15, 0.2) is 5.78 Å². The van der Waals surface area contributed by atoms with E-state index in [1.54, 1.807) is 12.5 Å². The van der Waals surface area contributed by atoms with E-state index in [0.717, 1.165) is 37.0 Å². The number of nitrogens with zero attached hydrogens (tertiary/aromatic N) is 2. The number of Topliss-reactive ketones (excluding diaryl/α,β-unsaturated/α-hetero) is 1. The highest BCUT2D eigenvalue weighted by Gasteiger charge is 2.26. The van der Waals surface area contributed by atoms with Gasteiger partial charge in [-0.05, 0) is 69.2 Å². The van der Waals surface area contributed by atoms with Crippen LogP contribution >= 0.6 is 0 Å². The van der Waals surface area contributed by atoms with Crippen LogP contribution in [0.5, 0.6) is 5.75 Å². The van der Waals surface area contributed by atoms with Crippen LogP contribution in [0.2, 0.25) is 0 Å². The maximum absolute atomic E-state index is 13.2. The zero-order valence-electron chi connectivity index (χ0n) is 15.5. The Hall–Kier alpha value is -2.10. The fourth-order valence-electron chi connectivity index (χ4n) is 3.70. The molecular weight excluding hydrogens is 312 g/mol. The van der Waals surface area contributed by atoms with Crippen LogP contribution in [-0.2, 0) is 19.4 Å². The first-order valence-electron chi connectivity index (χ1n) is 9.41. The number of fused-ring (bicyclic) bond motifs is 1. The van der Waals surface area contributed by atoms with Gasteiger partial charge in [-0.25, -0.2) is 4.98 Å². The molecule has 4 heteroatoms. The van der Waals surface area contributed by atoms with E-state index in [2.05, 4.69) is 11.9 Å². The standard InChI is InChI=1S/C21H28N2O2/c1-4-16(13-23-12-11-22-14-23)21(24)19-9-10-20(25-15(2)3)18-8-6-5-7-17(18)19/h9-12,14-16H,4-8,13H2,1-3H3. The molecule has 0 fully saturated rings. The van der Waals surface area contributed by atoms with Crippen molar-refractivity contribution in [2.24, 2.45) is 5.92 Å². The highest BCUT2D eigenvalue weighted by molar-refractivity contribution is 5.99. The van der Waals surface area contributed by atoms with Gasteiger partial charge in [0.2, 0.25) is 0 Å². The summed E-state index contributed by atoms with van der Waals surface area (Å²) in [5, 5.41) is 0. The monoisotopic (exact) mass is 340 g/mol. The van der Waals surface area contributed by atoms with Gasteiger partial charge >= 0.3 is 0 Å². The Labute approximate surface area is 150 Å². The number of aromatic nitrogens is 2. The number of benzene rings is 1. The lowest BCUT2D eigenvalue weighted by molar-refractivity contribution is 0.0902. The second-order valence-corrected chi connectivity index (χ2v) is 7.17. The van der Waals surface area contributed by atoms with Crippen LogP contribution in [0.1, 0.15) is 61.5 Å². The summed E-state index contributed by atoms with van der Waals surface area (Å²) >= 11 is 0. The molecule has 0 saturated heterocycles. The SMILES string of the molecule is CCC(Cn1ccnc1)C(=O)c1ccc(OC(C)C)c2c1CCCC2. The van der Waals surface area contributed by atoms with Gasteiger partial charge in [0.05, 0.1) is 12.4 Å². The predicted octanol–water partition coefficient (Wildman–Crippen LogP) is 4.46. The van der Waals surface area contributed by atoms with Crippen molar-refractivity contribution in [1.29, 1.82) is 0 Å². The van der Waals surface area contributed by atoms with Crippen molar-refractivity contribution in [3.63, 3.8) is 0 Å². The van der Waals surface area contributed by atoms with Crippen LogP contribution in [0.25, 0.3) is 0 Å². The Morgan fingerprint density at radius 2 is 2.00 bits per heavy atom. The van der Waals surface area contributed by atoms with Gasteiger partial charge in [0, 0.05) is 30.4 Å². The number of carbonyl (C=O) groups is 1. The molecule has 2 aromatic rings. The van der Waals surface area contributed by atoms with Crippen molar-refractivity contribution in [3.8, 4) is 5.75 Å². The molecule has 1 aliphatic rings. The molecule has 0 aliphatic heterocycles. The quantitative estimate of drug-likeness (QED) is 0.699. The third-order valence-corrected chi connectivity index (χ3v) is 4.97. The molecule has 0 amide bonds. The van der Waals surface area contributed by atoms with Crippen molar-refractivity contribution < 1.29 is 9.53 Å². The van der Waals surface area contributed by atoms with Gasteiger partial charge in [0.1, 0.15) is 5.75 Å². The summed E-state index contributed by atoms with van der Waals surface area (Å²) in [5.41, 5.74) is 3.37. The van der Waals surface area contributed by atoms with Gasteiger partial charge in [-0.1, -0.05) is 6.92 Å². The second-order valence-electron chi connectivity index (χ2n) is 7.17. The van der Waals surface area contributed by atoms with Crippen LogP contribution in [0.4, 0.5) is 0 Å². The number of ether oxygens (including phenoxy) is 1. The molecule has 1 atom stereocenters. The van der Waals surface area contributed by atoms with E-state index in [9.17, 15) is 4.79 Å². The van der Waals surface area contributed by atoms with E-state index >= 15 is 0 Å². The second kappa shape index (κ2) is 7.85. The van der Waals surface area contributed by atoms with E-state index in [-0.39, 0.29) is 17.8 Å². The molecule has 1 aromatic heterocycles. The summed E-state index contributed by atoms with van der Waals surface area (Å²) in [6.45, 7) is 6.87. The first-order chi connectivity index (χ1) is 12.1. The van der Waals surface area contributed by atoms with Crippen molar-refractivity contribution in [2.75, 3.05) is 0 Å². The van der Waals surface area contributed by atoms with E-state index < -0.39 is 0 Å². The number of hydrogen-bond acceptors (Lipinski definition) is 3. The van der Waals surface area contributed by atoms with Crippen molar-refractivity contribution >= 4 is 5.78 Å². The fraction of sp³-hybridized carbons (Fsp3) is 0.524. The summed E-state index contributed by atoms with van der Waals surface area (Å²) in [6.07, 6.45) is 10.8. The molecule has 134 valence electrons. The number of carbonyl (C=O) groups excluding carboxylic acids is 1. The summed E-state index contributed by atoms with van der Waals surface area (Å²) < 4.78 is 7.99. The Balaban J connectivity index is 1.91. The molecule has 0 saturated carbocycles. The van der Waals surface area contributed by atoms with Crippen LogP contribution in [0.15, 0.2) is 30.9 Å². The number of ketones is 1. The molecule has 1 unspecified atom stereocenters. The molecule has 0 spiro atoms. The third-order valence-electron chi connectivity index (χ3n) is 4.97. The predicted molar refractivity (Wildman–Crippen MR) is 99.2 cm³/mol. The molecule has 0 N–H and O–H groups in total. The minimum Gasteiger partial charge on any atom is -0.491 e. The lowest BCUT2D eigenvalue weighted by Crippen LogP contribution is -2.22. The van der Waals surface area contributed by atoms with Gasteiger partial charge in [0.25, 0.3) is 0 Å². The molecule has 25 heavy (non-hydrogen) atoms. The first-order valence-corrected chi connectivity index (χ1v) is 9.41. The summed E-state index contributed by atoms with van der Waals surface area (Å²) in [5.74, 6) is 1.20. The smallest absolute Gasteiger partial charge is 0.168 e. The van der Waals surface area contributed by atoms with E-state index in [1.807, 2.05) is 36.7 Å². The maximum Gasteiger partial charge on any atom is 0.168 e. The van der Waals surface area contributed by atoms with Crippen LogP contribution in [0, 0.1) is 5.92 Å². The van der Waals surface area contributed by atoms with Crippen LogP contribution < -0.4 is 4.74 Å². The summed E-state index contributed by atoms with van der Waals surface area (Å²) in [6, 6.07) is 3.99. The Morgan fingerprint density at radius 3 is 2.64 bits per heavy atom. The average molecular weight is 340 g/mol. The van der Waals surface area contributed by atoms with E-state index in [1.165, 1.54) is 17.5 Å². The molecule has 0 bridgehead atoms. The molecule has 1 heterocycles. The molecular formula is C21H28N2O2. The molecule has 4 nitrogen and oxygen atoms in total. The molecule has 3 rings (SSSR count). The van der Waals surface area contributed by atoms with Gasteiger partial charge < -0.3 is 9.30 Å². The molecule has 1 aliphatic carbocycles. The largest absolute Gasteiger partial charge is 0.491 e.